The SMILES string of the molecule is O=C(NCc1cccc(Cl)c1)c1cc(=O)c(OCc2ccccc2F)co1. The maximum Gasteiger partial charge on any atom is 0.287 e. The maximum atomic E-state index is 13.6. The van der Waals surface area contributed by atoms with Crippen LogP contribution < -0.4 is 15.5 Å². The van der Waals surface area contributed by atoms with Crippen molar-refractivity contribution in [3.8, 4) is 5.75 Å². The van der Waals surface area contributed by atoms with Crippen LogP contribution in [0.2, 0.25) is 5.02 Å². The Balaban J connectivity index is 1.62. The van der Waals surface area contributed by atoms with Gasteiger partial charge in [0.05, 0.1) is 0 Å². The van der Waals surface area contributed by atoms with E-state index in [4.69, 9.17) is 20.8 Å². The molecule has 0 aliphatic heterocycles. The lowest BCUT2D eigenvalue weighted by Crippen LogP contribution is -2.24. The van der Waals surface area contributed by atoms with Gasteiger partial charge in [-0.3, -0.25) is 9.59 Å². The van der Waals surface area contributed by atoms with Gasteiger partial charge in [0.25, 0.3) is 5.91 Å². The van der Waals surface area contributed by atoms with Crippen molar-refractivity contribution in [3.63, 3.8) is 0 Å². The second kappa shape index (κ2) is 8.51. The maximum absolute atomic E-state index is 13.6. The third-order valence-corrected chi connectivity index (χ3v) is 3.94. The summed E-state index contributed by atoms with van der Waals surface area (Å²) < 4.78 is 24.0. The van der Waals surface area contributed by atoms with Gasteiger partial charge in [-0.2, -0.15) is 0 Å². The van der Waals surface area contributed by atoms with Gasteiger partial charge in [0, 0.05) is 23.2 Å². The van der Waals surface area contributed by atoms with Gasteiger partial charge in [0.2, 0.25) is 11.2 Å². The number of hydrogen-bond acceptors (Lipinski definition) is 4. The predicted octanol–water partition coefficient (Wildman–Crippen LogP) is 3.94. The molecule has 0 fully saturated rings. The van der Waals surface area contributed by atoms with E-state index in [1.165, 1.54) is 6.07 Å². The van der Waals surface area contributed by atoms with E-state index in [2.05, 4.69) is 5.32 Å². The summed E-state index contributed by atoms with van der Waals surface area (Å²) in [5.41, 5.74) is 0.578. The van der Waals surface area contributed by atoms with E-state index in [1.54, 1.807) is 36.4 Å². The fourth-order valence-corrected chi connectivity index (χ4v) is 2.52. The summed E-state index contributed by atoms with van der Waals surface area (Å²) in [6, 6.07) is 14.1. The molecule has 0 saturated heterocycles. The Kier molecular flexibility index (Phi) is 5.88. The zero-order valence-electron chi connectivity index (χ0n) is 14.1. The van der Waals surface area contributed by atoms with Gasteiger partial charge in [-0.15, -0.1) is 0 Å². The summed E-state index contributed by atoms with van der Waals surface area (Å²) in [4.78, 5) is 24.2. The van der Waals surface area contributed by atoms with Crippen molar-refractivity contribution in [2.45, 2.75) is 13.2 Å². The lowest BCUT2D eigenvalue weighted by molar-refractivity contribution is 0.0919. The first-order valence-electron chi connectivity index (χ1n) is 8.04. The summed E-state index contributed by atoms with van der Waals surface area (Å²) in [5, 5.41) is 3.19. The van der Waals surface area contributed by atoms with Crippen LogP contribution in [0.3, 0.4) is 0 Å². The predicted molar refractivity (Wildman–Crippen MR) is 98.3 cm³/mol. The molecule has 0 aliphatic rings. The van der Waals surface area contributed by atoms with Gasteiger partial charge in [-0.1, -0.05) is 41.9 Å². The molecule has 0 saturated carbocycles. The van der Waals surface area contributed by atoms with Crippen molar-refractivity contribution in [1.29, 1.82) is 0 Å². The number of hydrogen-bond donors (Lipinski definition) is 1. The van der Waals surface area contributed by atoms with Crippen LogP contribution in [0.5, 0.6) is 5.75 Å². The molecule has 1 heterocycles. The molecule has 1 amide bonds. The minimum absolute atomic E-state index is 0.107. The third-order valence-electron chi connectivity index (χ3n) is 3.70. The van der Waals surface area contributed by atoms with Gasteiger partial charge in [0.15, 0.2) is 5.76 Å². The van der Waals surface area contributed by atoms with Crippen LogP contribution in [0.15, 0.2) is 70.1 Å². The molecule has 7 heteroatoms. The number of carbonyl (C=O) groups excluding carboxylic acids is 1. The van der Waals surface area contributed by atoms with Gasteiger partial charge in [0.1, 0.15) is 18.7 Å². The van der Waals surface area contributed by atoms with Crippen LogP contribution >= 0.6 is 11.6 Å². The van der Waals surface area contributed by atoms with Crippen molar-refractivity contribution in [3.05, 3.63) is 98.8 Å². The number of halogens is 2. The van der Waals surface area contributed by atoms with Crippen molar-refractivity contribution < 1.29 is 18.3 Å². The van der Waals surface area contributed by atoms with E-state index in [9.17, 15) is 14.0 Å². The summed E-state index contributed by atoms with van der Waals surface area (Å²) in [5.74, 6) is -1.24. The largest absolute Gasteiger partial charge is 0.482 e. The molecule has 5 nitrogen and oxygen atoms in total. The van der Waals surface area contributed by atoms with Crippen LogP contribution in [0, 0.1) is 5.82 Å². The standard InChI is InChI=1S/C20H15ClFNO4/c21-15-6-3-4-13(8-15)10-23-20(25)18-9-17(24)19(12-27-18)26-11-14-5-1-2-7-16(14)22/h1-9,12H,10-11H2,(H,23,25). The Bertz CT molecular complexity index is 1020. The zero-order chi connectivity index (χ0) is 19.2. The Morgan fingerprint density at radius 3 is 2.70 bits per heavy atom. The molecular formula is C20H15ClFNO4. The van der Waals surface area contributed by atoms with Crippen molar-refractivity contribution in [2.24, 2.45) is 0 Å². The minimum atomic E-state index is -0.548. The summed E-state index contributed by atoms with van der Waals surface area (Å²) in [7, 11) is 0. The quantitative estimate of drug-likeness (QED) is 0.695. The summed E-state index contributed by atoms with van der Waals surface area (Å²) in [6.07, 6.45) is 1.04. The monoisotopic (exact) mass is 387 g/mol. The number of carbonyl (C=O) groups is 1. The molecule has 0 aliphatic carbocycles. The van der Waals surface area contributed by atoms with Gasteiger partial charge in [-0.25, -0.2) is 4.39 Å². The van der Waals surface area contributed by atoms with Gasteiger partial charge >= 0.3 is 0 Å². The first-order valence-corrected chi connectivity index (χ1v) is 8.42. The molecule has 0 radical (unpaired) electrons. The van der Waals surface area contributed by atoms with Crippen LogP contribution in [0.25, 0.3) is 0 Å². The fourth-order valence-electron chi connectivity index (χ4n) is 2.31. The molecule has 0 unspecified atom stereocenters. The van der Waals surface area contributed by atoms with Gasteiger partial charge < -0.3 is 14.5 Å². The van der Waals surface area contributed by atoms with E-state index in [1.807, 2.05) is 6.07 Å². The number of ether oxygens (including phenoxy) is 1. The highest BCUT2D eigenvalue weighted by Gasteiger charge is 2.12. The first kappa shape index (κ1) is 18.7. The second-order valence-electron chi connectivity index (χ2n) is 5.67. The summed E-state index contributed by atoms with van der Waals surface area (Å²) >= 11 is 5.89. The zero-order valence-corrected chi connectivity index (χ0v) is 14.8. The third kappa shape index (κ3) is 4.95. The Morgan fingerprint density at radius 1 is 1.15 bits per heavy atom. The molecule has 1 N–H and O–H groups in total. The van der Waals surface area contributed by atoms with Gasteiger partial charge in [-0.05, 0) is 23.8 Å². The van der Waals surface area contributed by atoms with E-state index in [0.717, 1.165) is 17.9 Å². The van der Waals surface area contributed by atoms with Crippen molar-refractivity contribution in [1.82, 2.24) is 5.32 Å². The molecule has 0 bridgehead atoms. The molecule has 3 aromatic rings. The molecule has 27 heavy (non-hydrogen) atoms. The average Bonchev–Trinajstić information content (AvgIpc) is 2.66. The van der Waals surface area contributed by atoms with E-state index in [0.29, 0.717) is 10.6 Å². The Morgan fingerprint density at radius 2 is 1.96 bits per heavy atom. The second-order valence-corrected chi connectivity index (χ2v) is 6.10. The van der Waals surface area contributed by atoms with Crippen LogP contribution in [-0.2, 0) is 13.2 Å². The highest BCUT2D eigenvalue weighted by Crippen LogP contribution is 2.13. The van der Waals surface area contributed by atoms with Crippen LogP contribution in [0.1, 0.15) is 21.7 Å². The Hall–Kier alpha value is -3.12. The number of rotatable bonds is 6. The lowest BCUT2D eigenvalue weighted by atomic mass is 10.2. The van der Waals surface area contributed by atoms with Crippen molar-refractivity contribution in [2.75, 3.05) is 0 Å². The van der Waals surface area contributed by atoms with E-state index < -0.39 is 17.2 Å². The lowest BCUT2D eigenvalue weighted by Gasteiger charge is -2.07. The summed E-state index contributed by atoms with van der Waals surface area (Å²) in [6.45, 7) is 0.104. The first-order chi connectivity index (χ1) is 13.0. The average molecular weight is 388 g/mol. The van der Waals surface area contributed by atoms with Crippen molar-refractivity contribution >= 4 is 17.5 Å². The molecule has 0 spiro atoms. The van der Waals surface area contributed by atoms with Crippen LogP contribution in [0.4, 0.5) is 4.39 Å². The Labute approximate surface area is 159 Å². The molecular weight excluding hydrogens is 373 g/mol. The normalized spacial score (nSPS) is 10.4. The highest BCUT2D eigenvalue weighted by atomic mass is 35.5. The topological polar surface area (TPSA) is 68.5 Å². The molecule has 0 atom stereocenters. The smallest absolute Gasteiger partial charge is 0.287 e. The fraction of sp³-hybridized carbons (Fsp3) is 0.100. The molecule has 1 aromatic heterocycles. The van der Waals surface area contributed by atoms with Crippen LogP contribution in [-0.4, -0.2) is 5.91 Å². The number of benzene rings is 2. The molecule has 2 aromatic carbocycles. The molecule has 3 rings (SSSR count). The minimum Gasteiger partial charge on any atom is -0.482 e. The molecule has 138 valence electrons. The number of nitrogens with one attached hydrogen (secondary N) is 1. The van der Waals surface area contributed by atoms with E-state index in [-0.39, 0.29) is 24.7 Å². The highest BCUT2D eigenvalue weighted by molar-refractivity contribution is 6.30. The number of amides is 1. The van der Waals surface area contributed by atoms with E-state index >= 15 is 0 Å².